The maximum atomic E-state index is 12.2. The summed E-state index contributed by atoms with van der Waals surface area (Å²) in [7, 11) is 0. The van der Waals surface area contributed by atoms with Gasteiger partial charge in [0.05, 0.1) is 6.04 Å². The van der Waals surface area contributed by atoms with Gasteiger partial charge in [-0.05, 0) is 50.6 Å². The molecule has 0 aliphatic rings. The molecule has 2 aromatic rings. The molecule has 2 rings (SSSR count). The van der Waals surface area contributed by atoms with Crippen LogP contribution in [0.2, 0.25) is 0 Å². The summed E-state index contributed by atoms with van der Waals surface area (Å²) in [6.07, 6.45) is -0.541. The fraction of sp³-hybridized carbons (Fsp3) is 0.278. The number of carbonyl (C=O) groups is 1. The Bertz CT molecular complexity index is 623. The highest BCUT2D eigenvalue weighted by atomic mass is 79.9. The molecule has 3 nitrogen and oxygen atoms in total. The van der Waals surface area contributed by atoms with Crippen molar-refractivity contribution in [1.82, 2.24) is 5.32 Å². The van der Waals surface area contributed by atoms with Crippen molar-refractivity contribution in [3.05, 3.63) is 64.1 Å². The van der Waals surface area contributed by atoms with Crippen LogP contribution in [0.4, 0.5) is 0 Å². The maximum absolute atomic E-state index is 12.2. The first-order valence-electron chi connectivity index (χ1n) is 7.25. The molecule has 0 saturated carbocycles. The molecule has 2 aromatic carbocycles. The fourth-order valence-corrected chi connectivity index (χ4v) is 2.30. The van der Waals surface area contributed by atoms with Crippen LogP contribution in [0.3, 0.4) is 0 Å². The van der Waals surface area contributed by atoms with Crippen LogP contribution in [-0.4, -0.2) is 12.0 Å². The third-order valence-corrected chi connectivity index (χ3v) is 3.96. The second kappa shape index (κ2) is 7.45. The molecule has 0 spiro atoms. The second-order valence-corrected chi connectivity index (χ2v) is 6.27. The van der Waals surface area contributed by atoms with E-state index in [1.54, 1.807) is 6.92 Å². The van der Waals surface area contributed by atoms with Crippen molar-refractivity contribution < 1.29 is 9.53 Å². The molecule has 1 amide bonds. The Morgan fingerprint density at radius 2 is 1.64 bits per heavy atom. The van der Waals surface area contributed by atoms with Gasteiger partial charge < -0.3 is 10.1 Å². The standard InChI is InChI=1S/C18H20BrNO2/c1-12-4-10-17(11-5-12)22-14(3)18(21)20-13(2)15-6-8-16(19)9-7-15/h4-11,13-14H,1-3H3,(H,20,21). The minimum atomic E-state index is -0.541. The minimum Gasteiger partial charge on any atom is -0.481 e. The maximum Gasteiger partial charge on any atom is 0.261 e. The van der Waals surface area contributed by atoms with E-state index in [2.05, 4.69) is 21.2 Å². The van der Waals surface area contributed by atoms with Gasteiger partial charge in [0, 0.05) is 4.47 Å². The minimum absolute atomic E-state index is 0.0651. The number of ether oxygens (including phenoxy) is 1. The van der Waals surface area contributed by atoms with Gasteiger partial charge in [-0.25, -0.2) is 0 Å². The molecule has 4 heteroatoms. The highest BCUT2D eigenvalue weighted by Crippen LogP contribution is 2.17. The first kappa shape index (κ1) is 16.6. The number of nitrogens with one attached hydrogen (secondary N) is 1. The van der Waals surface area contributed by atoms with E-state index in [9.17, 15) is 4.79 Å². The zero-order valence-corrected chi connectivity index (χ0v) is 14.6. The van der Waals surface area contributed by atoms with Crippen molar-refractivity contribution in [2.24, 2.45) is 0 Å². The Balaban J connectivity index is 1.93. The summed E-state index contributed by atoms with van der Waals surface area (Å²) in [4.78, 5) is 12.2. The van der Waals surface area contributed by atoms with Crippen LogP contribution < -0.4 is 10.1 Å². The van der Waals surface area contributed by atoms with E-state index in [1.165, 1.54) is 0 Å². The van der Waals surface area contributed by atoms with Crippen molar-refractivity contribution in [2.45, 2.75) is 32.9 Å². The van der Waals surface area contributed by atoms with Gasteiger partial charge in [-0.15, -0.1) is 0 Å². The SMILES string of the molecule is Cc1ccc(OC(C)C(=O)NC(C)c2ccc(Br)cc2)cc1. The average molecular weight is 362 g/mol. The summed E-state index contributed by atoms with van der Waals surface area (Å²) < 4.78 is 6.69. The van der Waals surface area contributed by atoms with E-state index in [1.807, 2.05) is 62.4 Å². The first-order chi connectivity index (χ1) is 10.5. The zero-order chi connectivity index (χ0) is 16.1. The van der Waals surface area contributed by atoms with Crippen LogP contribution in [0.5, 0.6) is 5.75 Å². The number of hydrogen-bond acceptors (Lipinski definition) is 2. The molecular formula is C18H20BrNO2. The lowest BCUT2D eigenvalue weighted by Gasteiger charge is -2.19. The Morgan fingerprint density at radius 1 is 1.05 bits per heavy atom. The van der Waals surface area contributed by atoms with Crippen LogP contribution >= 0.6 is 15.9 Å². The number of aryl methyl sites for hydroxylation is 1. The van der Waals surface area contributed by atoms with Gasteiger partial charge in [0.2, 0.25) is 0 Å². The molecule has 0 aromatic heterocycles. The van der Waals surface area contributed by atoms with Crippen LogP contribution in [0.15, 0.2) is 53.0 Å². The third-order valence-electron chi connectivity index (χ3n) is 3.43. The average Bonchev–Trinajstić information content (AvgIpc) is 2.50. The Morgan fingerprint density at radius 3 is 2.23 bits per heavy atom. The van der Waals surface area contributed by atoms with Gasteiger partial charge >= 0.3 is 0 Å². The third kappa shape index (κ3) is 4.60. The number of halogens is 1. The van der Waals surface area contributed by atoms with E-state index >= 15 is 0 Å². The van der Waals surface area contributed by atoms with E-state index in [4.69, 9.17) is 4.74 Å². The highest BCUT2D eigenvalue weighted by molar-refractivity contribution is 9.10. The predicted octanol–water partition coefficient (Wildman–Crippen LogP) is 4.40. The molecule has 2 unspecified atom stereocenters. The molecule has 0 radical (unpaired) electrons. The fourth-order valence-electron chi connectivity index (χ4n) is 2.04. The Kier molecular flexibility index (Phi) is 5.61. The smallest absolute Gasteiger partial charge is 0.261 e. The monoisotopic (exact) mass is 361 g/mol. The summed E-state index contributed by atoms with van der Waals surface area (Å²) in [5.74, 6) is 0.570. The molecule has 0 fully saturated rings. The predicted molar refractivity (Wildman–Crippen MR) is 92.0 cm³/mol. The summed E-state index contributed by atoms with van der Waals surface area (Å²) in [5, 5.41) is 2.97. The van der Waals surface area contributed by atoms with Crippen LogP contribution in [0.25, 0.3) is 0 Å². The molecule has 22 heavy (non-hydrogen) atoms. The lowest BCUT2D eigenvalue weighted by atomic mass is 10.1. The molecule has 0 saturated heterocycles. The zero-order valence-electron chi connectivity index (χ0n) is 13.0. The Labute approximate surface area is 139 Å². The van der Waals surface area contributed by atoms with Crippen molar-refractivity contribution in [3.63, 3.8) is 0 Å². The molecule has 0 aliphatic carbocycles. The molecule has 1 N–H and O–H groups in total. The largest absolute Gasteiger partial charge is 0.481 e. The lowest BCUT2D eigenvalue weighted by Crippen LogP contribution is -2.37. The van der Waals surface area contributed by atoms with Crippen molar-refractivity contribution in [2.75, 3.05) is 0 Å². The molecule has 2 atom stereocenters. The molecular weight excluding hydrogens is 342 g/mol. The highest BCUT2D eigenvalue weighted by Gasteiger charge is 2.17. The van der Waals surface area contributed by atoms with E-state index in [0.717, 1.165) is 15.6 Å². The number of benzene rings is 2. The molecule has 0 bridgehead atoms. The van der Waals surface area contributed by atoms with Gasteiger partial charge in [0.1, 0.15) is 5.75 Å². The number of rotatable bonds is 5. The summed E-state index contributed by atoms with van der Waals surface area (Å²) >= 11 is 3.40. The van der Waals surface area contributed by atoms with Crippen molar-refractivity contribution in [1.29, 1.82) is 0 Å². The number of carbonyl (C=O) groups excluding carboxylic acids is 1. The van der Waals surface area contributed by atoms with Crippen LogP contribution in [0.1, 0.15) is 31.0 Å². The van der Waals surface area contributed by atoms with Gasteiger partial charge in [-0.3, -0.25) is 4.79 Å². The van der Waals surface area contributed by atoms with Crippen LogP contribution in [-0.2, 0) is 4.79 Å². The van der Waals surface area contributed by atoms with E-state index in [-0.39, 0.29) is 11.9 Å². The Hall–Kier alpha value is -1.81. The van der Waals surface area contributed by atoms with E-state index in [0.29, 0.717) is 5.75 Å². The molecule has 0 aliphatic heterocycles. The number of hydrogen-bond donors (Lipinski definition) is 1. The van der Waals surface area contributed by atoms with Gasteiger partial charge in [-0.2, -0.15) is 0 Å². The first-order valence-corrected chi connectivity index (χ1v) is 8.04. The summed E-state index contributed by atoms with van der Waals surface area (Å²) in [6.45, 7) is 5.73. The topological polar surface area (TPSA) is 38.3 Å². The van der Waals surface area contributed by atoms with Crippen molar-refractivity contribution >= 4 is 21.8 Å². The number of amides is 1. The van der Waals surface area contributed by atoms with Gasteiger partial charge in [0.15, 0.2) is 6.10 Å². The summed E-state index contributed by atoms with van der Waals surface area (Å²) in [6, 6.07) is 15.5. The second-order valence-electron chi connectivity index (χ2n) is 5.35. The normalized spacial score (nSPS) is 13.3. The summed E-state index contributed by atoms with van der Waals surface area (Å²) in [5.41, 5.74) is 2.22. The molecule has 116 valence electrons. The lowest BCUT2D eigenvalue weighted by molar-refractivity contribution is -0.127. The quantitative estimate of drug-likeness (QED) is 0.856. The van der Waals surface area contributed by atoms with Gasteiger partial charge in [0.25, 0.3) is 5.91 Å². The molecule has 0 heterocycles. The van der Waals surface area contributed by atoms with Gasteiger partial charge in [-0.1, -0.05) is 45.8 Å². The van der Waals surface area contributed by atoms with Crippen molar-refractivity contribution in [3.8, 4) is 5.75 Å². The van der Waals surface area contributed by atoms with E-state index < -0.39 is 6.10 Å². The van der Waals surface area contributed by atoms with Crippen LogP contribution in [0, 0.1) is 6.92 Å².